The maximum absolute atomic E-state index is 14.5. The van der Waals surface area contributed by atoms with Crippen LogP contribution in [-0.2, 0) is 9.53 Å². The van der Waals surface area contributed by atoms with Gasteiger partial charge in [0, 0.05) is 5.41 Å². The fourth-order valence-electron chi connectivity index (χ4n) is 12.1. The highest BCUT2D eigenvalue weighted by Crippen LogP contribution is 2.72. The first-order valence-corrected chi connectivity index (χ1v) is 16.2. The molecule has 0 aromatic heterocycles. The second kappa shape index (κ2) is 9.64. The Morgan fingerprint density at radius 2 is 1.74 bits per heavy atom. The number of hydrogen-bond acceptors (Lipinski definition) is 5. The van der Waals surface area contributed by atoms with E-state index < -0.39 is 29.6 Å². The van der Waals surface area contributed by atoms with Crippen LogP contribution in [0.5, 0.6) is 0 Å². The molecular weight excluding hydrogens is 488 g/mol. The van der Waals surface area contributed by atoms with Gasteiger partial charge >= 0.3 is 0 Å². The molecule has 6 aliphatic rings. The van der Waals surface area contributed by atoms with Gasteiger partial charge in [0.2, 0.25) is 0 Å². The average Bonchev–Trinajstić information content (AvgIpc) is 3.68. The normalized spacial score (nSPS) is 49.8. The Labute approximate surface area is 236 Å². The van der Waals surface area contributed by atoms with Gasteiger partial charge in [0.1, 0.15) is 18.0 Å². The lowest BCUT2D eigenvalue weighted by Crippen LogP contribution is -2.61. The second-order valence-electron chi connectivity index (χ2n) is 16.0. The standard InChI is InChI=1S/C34H54O5/c1-20-8-6-15-34(30(38)22(18-35)28(37)29-24(19-36)39-29)17-11-23-21(27(20)34)9-10-26-32(23,4)16-12-25-31(2,3)13-7-14-33(25,26)5/h9,20,22-29,35-37H,6-8,10-19H2,1-5H3. The topological polar surface area (TPSA) is 90.3 Å². The summed E-state index contributed by atoms with van der Waals surface area (Å²) in [4.78, 5) is 14.5. The molecule has 220 valence electrons. The SMILES string of the molecule is CC1CCCC2(C(=O)C(CO)C(O)C3OC3CO)CCC3C(=CCC4C3(C)CCC3C(C)(C)CCCC34C)C12. The number of ketones is 1. The summed E-state index contributed by atoms with van der Waals surface area (Å²) in [5, 5.41) is 30.9. The van der Waals surface area contributed by atoms with Crippen LogP contribution in [0.4, 0.5) is 0 Å². The fraction of sp³-hybridized carbons (Fsp3) is 0.912. The summed E-state index contributed by atoms with van der Waals surface area (Å²) in [6.45, 7) is 12.1. The minimum Gasteiger partial charge on any atom is -0.396 e. The van der Waals surface area contributed by atoms with Gasteiger partial charge in [0.25, 0.3) is 0 Å². The van der Waals surface area contributed by atoms with Crippen LogP contribution >= 0.6 is 0 Å². The van der Waals surface area contributed by atoms with Crippen LogP contribution in [0.3, 0.4) is 0 Å². The molecule has 1 heterocycles. The van der Waals surface area contributed by atoms with Crippen molar-refractivity contribution < 1.29 is 24.9 Å². The number of allylic oxidation sites excluding steroid dienone is 2. The maximum atomic E-state index is 14.5. The summed E-state index contributed by atoms with van der Waals surface area (Å²) >= 11 is 0. The fourth-order valence-corrected chi connectivity index (χ4v) is 12.1. The van der Waals surface area contributed by atoms with E-state index in [0.29, 0.717) is 28.6 Å². The van der Waals surface area contributed by atoms with Gasteiger partial charge in [-0.25, -0.2) is 0 Å². The molecule has 5 nitrogen and oxygen atoms in total. The van der Waals surface area contributed by atoms with Gasteiger partial charge in [0.05, 0.1) is 25.2 Å². The third-order valence-corrected chi connectivity index (χ3v) is 13.9. The molecule has 3 N–H and O–H groups in total. The molecule has 12 atom stereocenters. The van der Waals surface area contributed by atoms with E-state index in [1.807, 2.05) is 0 Å². The van der Waals surface area contributed by atoms with Crippen molar-refractivity contribution in [3.05, 3.63) is 11.6 Å². The zero-order chi connectivity index (χ0) is 28.0. The van der Waals surface area contributed by atoms with Gasteiger partial charge in [-0.3, -0.25) is 4.79 Å². The second-order valence-corrected chi connectivity index (χ2v) is 16.0. The molecule has 0 aromatic carbocycles. The van der Waals surface area contributed by atoms with E-state index in [1.165, 1.54) is 32.1 Å². The Balaban J connectivity index is 1.34. The summed E-state index contributed by atoms with van der Waals surface area (Å²) in [7, 11) is 0. The average molecular weight is 543 g/mol. The largest absolute Gasteiger partial charge is 0.396 e. The van der Waals surface area contributed by atoms with Crippen LogP contribution < -0.4 is 0 Å². The smallest absolute Gasteiger partial charge is 0.147 e. The van der Waals surface area contributed by atoms with E-state index in [2.05, 4.69) is 40.7 Å². The molecule has 5 fully saturated rings. The minimum absolute atomic E-state index is 0.0533. The molecule has 39 heavy (non-hydrogen) atoms. The Morgan fingerprint density at radius 1 is 0.974 bits per heavy atom. The summed E-state index contributed by atoms with van der Waals surface area (Å²) in [5.41, 5.74) is 2.14. The van der Waals surface area contributed by atoms with Crippen LogP contribution in [0.15, 0.2) is 11.6 Å². The van der Waals surface area contributed by atoms with Crippen molar-refractivity contribution in [3.63, 3.8) is 0 Å². The molecule has 1 saturated heterocycles. The first kappa shape index (κ1) is 28.4. The highest BCUT2D eigenvalue weighted by atomic mass is 16.6. The van der Waals surface area contributed by atoms with E-state index in [1.54, 1.807) is 5.57 Å². The quantitative estimate of drug-likeness (QED) is 0.296. The number of fused-ring (bicyclic) bond motifs is 7. The van der Waals surface area contributed by atoms with Gasteiger partial charge in [-0.1, -0.05) is 65.5 Å². The van der Waals surface area contributed by atoms with E-state index >= 15 is 0 Å². The molecule has 5 aliphatic carbocycles. The molecular formula is C34H54O5. The van der Waals surface area contributed by atoms with Crippen molar-refractivity contribution in [2.75, 3.05) is 13.2 Å². The third-order valence-electron chi connectivity index (χ3n) is 13.9. The molecule has 4 saturated carbocycles. The summed E-state index contributed by atoms with van der Waals surface area (Å²) in [5.74, 6) is 1.88. The summed E-state index contributed by atoms with van der Waals surface area (Å²) in [6.07, 6.45) is 13.3. The number of epoxide rings is 1. The lowest BCUT2D eigenvalue weighted by molar-refractivity contribution is -0.164. The number of aliphatic hydroxyl groups excluding tert-OH is 3. The van der Waals surface area contributed by atoms with E-state index in [4.69, 9.17) is 4.74 Å². The number of hydrogen-bond donors (Lipinski definition) is 3. The zero-order valence-electron chi connectivity index (χ0n) is 25.1. The number of aliphatic hydroxyl groups is 3. The van der Waals surface area contributed by atoms with Crippen LogP contribution in [0.25, 0.3) is 0 Å². The number of carbonyl (C=O) groups excluding carboxylic acids is 1. The number of carbonyl (C=O) groups is 1. The van der Waals surface area contributed by atoms with Crippen molar-refractivity contribution in [2.45, 2.75) is 124 Å². The van der Waals surface area contributed by atoms with Crippen LogP contribution in [0, 0.1) is 57.2 Å². The van der Waals surface area contributed by atoms with Gasteiger partial charge in [-0.05, 0) is 97.2 Å². The highest BCUT2D eigenvalue weighted by Gasteiger charge is 2.65. The molecule has 0 bridgehead atoms. The van der Waals surface area contributed by atoms with Crippen LogP contribution in [0.1, 0.15) is 105 Å². The van der Waals surface area contributed by atoms with Crippen molar-refractivity contribution in [3.8, 4) is 0 Å². The Bertz CT molecular complexity index is 1000. The molecule has 0 amide bonds. The molecule has 5 heteroatoms. The lowest BCUT2D eigenvalue weighted by Gasteiger charge is -2.67. The van der Waals surface area contributed by atoms with Gasteiger partial charge in [0.15, 0.2) is 0 Å². The monoisotopic (exact) mass is 542 g/mol. The molecule has 0 spiro atoms. The van der Waals surface area contributed by atoms with E-state index in [9.17, 15) is 20.1 Å². The van der Waals surface area contributed by atoms with Crippen molar-refractivity contribution in [1.29, 1.82) is 0 Å². The molecule has 0 radical (unpaired) electrons. The van der Waals surface area contributed by atoms with Gasteiger partial charge in [-0.15, -0.1) is 0 Å². The maximum Gasteiger partial charge on any atom is 0.147 e. The molecule has 1 aliphatic heterocycles. The van der Waals surface area contributed by atoms with Crippen molar-refractivity contribution in [1.82, 2.24) is 0 Å². The number of ether oxygens (including phenoxy) is 1. The Kier molecular flexibility index (Phi) is 7.01. The highest BCUT2D eigenvalue weighted by molar-refractivity contribution is 5.89. The van der Waals surface area contributed by atoms with Gasteiger partial charge in [-0.2, -0.15) is 0 Å². The third kappa shape index (κ3) is 4.02. The van der Waals surface area contributed by atoms with E-state index in [-0.39, 0.29) is 30.3 Å². The molecule has 6 rings (SSSR count). The summed E-state index contributed by atoms with van der Waals surface area (Å²) in [6, 6.07) is 0. The van der Waals surface area contributed by atoms with Gasteiger partial charge < -0.3 is 20.1 Å². The number of Topliss-reactive ketones (excluding diaryl/α,β-unsaturated/α-hetero) is 1. The molecule has 0 aromatic rings. The predicted octanol–water partition coefficient (Wildman–Crippen LogP) is 5.70. The predicted molar refractivity (Wildman–Crippen MR) is 152 cm³/mol. The van der Waals surface area contributed by atoms with E-state index in [0.717, 1.165) is 44.4 Å². The van der Waals surface area contributed by atoms with Crippen LogP contribution in [0.2, 0.25) is 0 Å². The minimum atomic E-state index is -1.06. The lowest BCUT2D eigenvalue weighted by atomic mass is 9.37. The van der Waals surface area contributed by atoms with Crippen molar-refractivity contribution in [2.24, 2.45) is 57.2 Å². The van der Waals surface area contributed by atoms with Crippen LogP contribution in [-0.4, -0.2) is 52.6 Å². The Morgan fingerprint density at radius 3 is 2.44 bits per heavy atom. The zero-order valence-corrected chi connectivity index (χ0v) is 25.1. The molecule has 12 unspecified atom stereocenters. The van der Waals surface area contributed by atoms with Crippen molar-refractivity contribution >= 4 is 5.78 Å². The first-order valence-electron chi connectivity index (χ1n) is 16.2. The Hall–Kier alpha value is -0.750. The summed E-state index contributed by atoms with van der Waals surface area (Å²) < 4.78 is 5.45. The first-order chi connectivity index (χ1) is 18.4. The number of rotatable bonds is 6.